The van der Waals surface area contributed by atoms with Gasteiger partial charge in [-0.15, -0.1) is 0 Å². The Bertz CT molecular complexity index is 364. The number of aliphatic hydroxyl groups is 1. The predicted octanol–water partition coefficient (Wildman–Crippen LogP) is 0.522. The highest BCUT2D eigenvalue weighted by Gasteiger charge is 2.43. The van der Waals surface area contributed by atoms with Crippen LogP contribution in [0.1, 0.15) is 39.5 Å². The third kappa shape index (κ3) is 3.08. The van der Waals surface area contributed by atoms with Crippen LogP contribution in [0.4, 0.5) is 0 Å². The molecular weight excluding hydrogens is 244 g/mol. The molecule has 0 aromatic carbocycles. The van der Waals surface area contributed by atoms with E-state index >= 15 is 0 Å². The van der Waals surface area contributed by atoms with Crippen LogP contribution in [-0.2, 0) is 9.59 Å². The van der Waals surface area contributed by atoms with Crippen LogP contribution < -0.4 is 5.32 Å². The summed E-state index contributed by atoms with van der Waals surface area (Å²) in [5.41, 5.74) is -0.0911. The van der Waals surface area contributed by atoms with Crippen molar-refractivity contribution in [3.63, 3.8) is 0 Å². The second kappa shape index (κ2) is 5.49. The summed E-state index contributed by atoms with van der Waals surface area (Å²) in [6.07, 6.45) is 3.34. The highest BCUT2D eigenvalue weighted by Crippen LogP contribution is 2.44. The van der Waals surface area contributed by atoms with Crippen molar-refractivity contribution >= 4 is 11.8 Å². The van der Waals surface area contributed by atoms with Gasteiger partial charge in [-0.05, 0) is 25.2 Å². The van der Waals surface area contributed by atoms with Gasteiger partial charge < -0.3 is 15.3 Å². The van der Waals surface area contributed by atoms with Gasteiger partial charge in [-0.1, -0.05) is 13.8 Å². The summed E-state index contributed by atoms with van der Waals surface area (Å²) in [6, 6.07) is -0.371. The lowest BCUT2D eigenvalue weighted by atomic mass is 10.0. The molecule has 0 radical (unpaired) electrons. The van der Waals surface area contributed by atoms with Crippen molar-refractivity contribution in [2.45, 2.75) is 45.6 Å². The standard InChI is InChI=1S/C14H24N2O3/c1-10(2)12(16-7-3-4-11(16)18)13(19)15-8-14(9-17)5-6-14/h10,12,17H,3-9H2,1-2H3,(H,15,19). The molecule has 5 heteroatoms. The molecular formula is C14H24N2O3. The first-order valence-corrected chi connectivity index (χ1v) is 7.17. The Morgan fingerprint density at radius 3 is 2.58 bits per heavy atom. The number of amides is 2. The smallest absolute Gasteiger partial charge is 0.243 e. The van der Waals surface area contributed by atoms with Gasteiger partial charge in [-0.25, -0.2) is 0 Å². The molecule has 1 aliphatic carbocycles. The van der Waals surface area contributed by atoms with Gasteiger partial charge >= 0.3 is 0 Å². The zero-order valence-corrected chi connectivity index (χ0v) is 11.8. The second-order valence-corrected chi connectivity index (χ2v) is 6.26. The molecule has 1 atom stereocenters. The van der Waals surface area contributed by atoms with Crippen molar-refractivity contribution in [3.05, 3.63) is 0 Å². The fraction of sp³-hybridized carbons (Fsp3) is 0.857. The highest BCUT2D eigenvalue weighted by atomic mass is 16.3. The topological polar surface area (TPSA) is 69.6 Å². The van der Waals surface area contributed by atoms with E-state index in [1.54, 1.807) is 4.90 Å². The zero-order valence-electron chi connectivity index (χ0n) is 11.8. The van der Waals surface area contributed by atoms with Gasteiger partial charge in [-0.2, -0.15) is 0 Å². The van der Waals surface area contributed by atoms with Crippen LogP contribution in [0.2, 0.25) is 0 Å². The fourth-order valence-corrected chi connectivity index (χ4v) is 2.71. The van der Waals surface area contributed by atoms with Gasteiger partial charge in [0.25, 0.3) is 0 Å². The first-order chi connectivity index (χ1) is 8.99. The average molecular weight is 268 g/mol. The van der Waals surface area contributed by atoms with E-state index in [0.717, 1.165) is 19.3 Å². The van der Waals surface area contributed by atoms with E-state index in [9.17, 15) is 14.7 Å². The molecule has 5 nitrogen and oxygen atoms in total. The van der Waals surface area contributed by atoms with Crippen molar-refractivity contribution in [1.29, 1.82) is 0 Å². The molecule has 1 saturated carbocycles. The third-order valence-corrected chi connectivity index (χ3v) is 4.28. The van der Waals surface area contributed by atoms with E-state index in [0.29, 0.717) is 19.5 Å². The largest absolute Gasteiger partial charge is 0.396 e. The number of carbonyl (C=O) groups excluding carboxylic acids is 2. The summed E-state index contributed by atoms with van der Waals surface area (Å²) in [5.74, 6) is 0.105. The summed E-state index contributed by atoms with van der Waals surface area (Å²) in [7, 11) is 0. The number of hydrogen-bond donors (Lipinski definition) is 2. The maximum Gasteiger partial charge on any atom is 0.243 e. The first kappa shape index (κ1) is 14.3. The Morgan fingerprint density at radius 1 is 1.47 bits per heavy atom. The van der Waals surface area contributed by atoms with Crippen LogP contribution in [0, 0.1) is 11.3 Å². The van der Waals surface area contributed by atoms with Crippen LogP contribution in [-0.4, -0.2) is 47.6 Å². The zero-order chi connectivity index (χ0) is 14.0. The number of aliphatic hydroxyl groups excluding tert-OH is 1. The summed E-state index contributed by atoms with van der Waals surface area (Å²) < 4.78 is 0. The monoisotopic (exact) mass is 268 g/mol. The molecule has 2 amide bonds. The Hall–Kier alpha value is -1.10. The first-order valence-electron chi connectivity index (χ1n) is 7.17. The van der Waals surface area contributed by atoms with E-state index in [-0.39, 0.29) is 35.8 Å². The predicted molar refractivity (Wildman–Crippen MR) is 71.3 cm³/mol. The summed E-state index contributed by atoms with van der Waals surface area (Å²) in [5, 5.41) is 12.2. The minimum absolute atomic E-state index is 0.0787. The van der Waals surface area contributed by atoms with E-state index < -0.39 is 0 Å². The number of likely N-dealkylation sites (tertiary alicyclic amines) is 1. The van der Waals surface area contributed by atoms with Crippen molar-refractivity contribution in [2.75, 3.05) is 19.7 Å². The molecule has 108 valence electrons. The average Bonchev–Trinajstić information content (AvgIpc) is 3.05. The molecule has 2 aliphatic rings. The van der Waals surface area contributed by atoms with Gasteiger partial charge in [0.05, 0.1) is 6.61 Å². The summed E-state index contributed by atoms with van der Waals surface area (Å²) >= 11 is 0. The lowest BCUT2D eigenvalue weighted by Crippen LogP contribution is -2.51. The molecule has 19 heavy (non-hydrogen) atoms. The van der Waals surface area contributed by atoms with Crippen molar-refractivity contribution < 1.29 is 14.7 Å². The van der Waals surface area contributed by atoms with Gasteiger partial charge in [0.1, 0.15) is 6.04 Å². The second-order valence-electron chi connectivity index (χ2n) is 6.26. The number of rotatable bonds is 6. The molecule has 2 fully saturated rings. The van der Waals surface area contributed by atoms with Crippen LogP contribution in [0.15, 0.2) is 0 Å². The van der Waals surface area contributed by atoms with Gasteiger partial charge in [-0.3, -0.25) is 9.59 Å². The molecule has 2 rings (SSSR count). The van der Waals surface area contributed by atoms with E-state index in [2.05, 4.69) is 5.32 Å². The molecule has 0 aromatic heterocycles. The third-order valence-electron chi connectivity index (χ3n) is 4.28. The minimum Gasteiger partial charge on any atom is -0.396 e. The lowest BCUT2D eigenvalue weighted by Gasteiger charge is -2.30. The number of nitrogens with zero attached hydrogens (tertiary/aromatic N) is 1. The summed E-state index contributed by atoms with van der Waals surface area (Å²) in [4.78, 5) is 25.8. The van der Waals surface area contributed by atoms with Crippen molar-refractivity contribution in [2.24, 2.45) is 11.3 Å². The van der Waals surface area contributed by atoms with Gasteiger partial charge in [0.15, 0.2) is 0 Å². The Kier molecular flexibility index (Phi) is 4.13. The minimum atomic E-state index is -0.371. The molecule has 0 spiro atoms. The Morgan fingerprint density at radius 2 is 2.16 bits per heavy atom. The lowest BCUT2D eigenvalue weighted by molar-refractivity contribution is -0.139. The molecule has 1 saturated heterocycles. The number of nitrogens with one attached hydrogen (secondary N) is 1. The molecule has 0 bridgehead atoms. The molecule has 1 heterocycles. The normalized spacial score (nSPS) is 22.7. The maximum atomic E-state index is 12.3. The Labute approximate surface area is 114 Å². The maximum absolute atomic E-state index is 12.3. The molecule has 1 unspecified atom stereocenters. The molecule has 0 aromatic rings. The van der Waals surface area contributed by atoms with Crippen LogP contribution in [0.3, 0.4) is 0 Å². The SMILES string of the molecule is CC(C)C(C(=O)NCC1(CO)CC1)N1CCCC1=O. The Balaban J connectivity index is 1.94. The summed E-state index contributed by atoms with van der Waals surface area (Å²) in [6.45, 7) is 5.26. The fourth-order valence-electron chi connectivity index (χ4n) is 2.71. The highest BCUT2D eigenvalue weighted by molar-refractivity contribution is 5.88. The molecule has 2 N–H and O–H groups in total. The van der Waals surface area contributed by atoms with Gasteiger partial charge in [0.2, 0.25) is 11.8 Å². The van der Waals surface area contributed by atoms with Gasteiger partial charge in [0, 0.05) is 24.9 Å². The number of carbonyl (C=O) groups is 2. The molecule has 1 aliphatic heterocycles. The van der Waals surface area contributed by atoms with Crippen LogP contribution >= 0.6 is 0 Å². The quantitative estimate of drug-likeness (QED) is 0.738. The van der Waals surface area contributed by atoms with E-state index in [1.165, 1.54) is 0 Å². The van der Waals surface area contributed by atoms with E-state index in [4.69, 9.17) is 0 Å². The number of hydrogen-bond acceptors (Lipinski definition) is 3. The van der Waals surface area contributed by atoms with E-state index in [1.807, 2.05) is 13.8 Å². The van der Waals surface area contributed by atoms with Crippen LogP contribution in [0.5, 0.6) is 0 Å². The van der Waals surface area contributed by atoms with Crippen molar-refractivity contribution in [1.82, 2.24) is 10.2 Å². The van der Waals surface area contributed by atoms with Crippen molar-refractivity contribution in [3.8, 4) is 0 Å². The van der Waals surface area contributed by atoms with Crippen LogP contribution in [0.25, 0.3) is 0 Å².